The Kier molecular flexibility index (Phi) is 5.80. The van der Waals surface area contributed by atoms with E-state index in [0.717, 1.165) is 0 Å². The smallest absolute Gasteiger partial charge is 0.323 e. The number of carbonyl (C=O) groups excluding carboxylic acids is 1. The van der Waals surface area contributed by atoms with Crippen LogP contribution in [0.4, 0.5) is 0 Å². The minimum atomic E-state index is -1.46. The SMILES string of the molecule is COC(=O)[C@H](C(C)C)N1CC[C@](C)(O)[C@H]([N+](=O)[O-])[C@H]1c1ccccc1. The standard InChI is InChI=1S/C18H26N2O5/c1-12(2)14(17(21)25-4)19-11-10-18(3,22)16(20(23)24)15(19)13-8-6-5-7-9-13/h5-9,12,14-16,22H,10-11H2,1-4H3/t14-,15+,16+,18-/m0/s1. The van der Waals surface area contributed by atoms with Crippen LogP contribution in [0.1, 0.15) is 38.8 Å². The van der Waals surface area contributed by atoms with E-state index < -0.39 is 34.6 Å². The number of hydrogen-bond donors (Lipinski definition) is 1. The van der Waals surface area contributed by atoms with E-state index in [0.29, 0.717) is 12.1 Å². The quantitative estimate of drug-likeness (QED) is 0.496. The third-order valence-corrected chi connectivity index (χ3v) is 4.97. The predicted octanol–water partition coefficient (Wildman–Crippen LogP) is 2.03. The minimum Gasteiger partial charge on any atom is -0.468 e. The normalized spacial score (nSPS) is 28.6. The minimum absolute atomic E-state index is 0.0888. The molecule has 1 aliphatic heterocycles. The Morgan fingerprint density at radius 3 is 2.48 bits per heavy atom. The maximum atomic E-state index is 12.4. The predicted molar refractivity (Wildman–Crippen MR) is 92.6 cm³/mol. The number of hydrogen-bond acceptors (Lipinski definition) is 6. The Bertz CT molecular complexity index is 617. The maximum absolute atomic E-state index is 12.4. The van der Waals surface area contributed by atoms with Gasteiger partial charge >= 0.3 is 5.97 Å². The second-order valence-electron chi connectivity index (χ2n) is 7.14. The van der Waals surface area contributed by atoms with Gasteiger partial charge in [0.2, 0.25) is 0 Å². The molecule has 0 saturated carbocycles. The monoisotopic (exact) mass is 350 g/mol. The van der Waals surface area contributed by atoms with E-state index in [1.807, 2.05) is 24.8 Å². The highest BCUT2D eigenvalue weighted by molar-refractivity contribution is 5.76. The van der Waals surface area contributed by atoms with Crippen LogP contribution in [0.5, 0.6) is 0 Å². The highest BCUT2D eigenvalue weighted by Gasteiger charge is 2.55. The number of benzene rings is 1. The highest BCUT2D eigenvalue weighted by atomic mass is 16.6. The van der Waals surface area contributed by atoms with Gasteiger partial charge in [0.15, 0.2) is 0 Å². The second kappa shape index (κ2) is 7.49. The average Bonchev–Trinajstić information content (AvgIpc) is 2.55. The van der Waals surface area contributed by atoms with Crippen LogP contribution in [0.3, 0.4) is 0 Å². The largest absolute Gasteiger partial charge is 0.468 e. The number of methoxy groups -OCH3 is 1. The fraction of sp³-hybridized carbons (Fsp3) is 0.611. The van der Waals surface area contributed by atoms with Gasteiger partial charge in [-0.1, -0.05) is 44.2 Å². The number of nitro groups is 1. The summed E-state index contributed by atoms with van der Waals surface area (Å²) in [6.45, 7) is 5.64. The molecule has 0 unspecified atom stereocenters. The van der Waals surface area contributed by atoms with Crippen molar-refractivity contribution in [3.63, 3.8) is 0 Å². The lowest BCUT2D eigenvalue weighted by Gasteiger charge is -2.47. The molecule has 0 amide bonds. The summed E-state index contributed by atoms with van der Waals surface area (Å²) in [7, 11) is 1.32. The molecule has 0 aromatic heterocycles. The molecule has 1 saturated heterocycles. The van der Waals surface area contributed by atoms with E-state index in [-0.39, 0.29) is 12.3 Å². The fourth-order valence-corrected chi connectivity index (χ4v) is 3.75. The first kappa shape index (κ1) is 19.3. The van der Waals surface area contributed by atoms with E-state index in [2.05, 4.69) is 0 Å². The zero-order valence-corrected chi connectivity index (χ0v) is 15.1. The Morgan fingerprint density at radius 1 is 1.40 bits per heavy atom. The van der Waals surface area contributed by atoms with Crippen molar-refractivity contribution in [3.8, 4) is 0 Å². The molecular weight excluding hydrogens is 324 g/mol. The Labute approximate surface area is 147 Å². The van der Waals surface area contributed by atoms with Crippen LogP contribution in [0.25, 0.3) is 0 Å². The molecule has 1 aromatic rings. The third-order valence-electron chi connectivity index (χ3n) is 4.97. The molecule has 0 aliphatic carbocycles. The number of carbonyl (C=O) groups is 1. The molecule has 138 valence electrons. The molecule has 0 spiro atoms. The van der Waals surface area contributed by atoms with Gasteiger partial charge in [0.05, 0.1) is 7.11 Å². The molecule has 1 N–H and O–H groups in total. The van der Waals surface area contributed by atoms with Crippen LogP contribution in [0, 0.1) is 16.0 Å². The average molecular weight is 350 g/mol. The van der Waals surface area contributed by atoms with Gasteiger partial charge in [0, 0.05) is 11.5 Å². The first-order valence-corrected chi connectivity index (χ1v) is 8.45. The van der Waals surface area contributed by atoms with Gasteiger partial charge in [0.25, 0.3) is 6.04 Å². The van der Waals surface area contributed by atoms with Crippen LogP contribution in [0.15, 0.2) is 30.3 Å². The van der Waals surface area contributed by atoms with E-state index in [1.54, 1.807) is 24.3 Å². The summed E-state index contributed by atoms with van der Waals surface area (Å²) < 4.78 is 4.95. The van der Waals surface area contributed by atoms with Crippen LogP contribution in [-0.4, -0.2) is 52.2 Å². The van der Waals surface area contributed by atoms with Gasteiger partial charge in [-0.25, -0.2) is 0 Å². The van der Waals surface area contributed by atoms with Gasteiger partial charge in [0.1, 0.15) is 17.7 Å². The molecular formula is C18H26N2O5. The summed E-state index contributed by atoms with van der Waals surface area (Å²) >= 11 is 0. The third kappa shape index (κ3) is 3.82. The molecule has 2 rings (SSSR count). The summed E-state index contributed by atoms with van der Waals surface area (Å²) in [4.78, 5) is 25.6. The van der Waals surface area contributed by atoms with Crippen molar-refractivity contribution in [2.45, 2.75) is 50.9 Å². The van der Waals surface area contributed by atoms with Crippen molar-refractivity contribution >= 4 is 5.97 Å². The number of aliphatic hydroxyl groups is 1. The van der Waals surface area contributed by atoms with Gasteiger partial charge in [-0.2, -0.15) is 0 Å². The first-order valence-electron chi connectivity index (χ1n) is 8.45. The van der Waals surface area contributed by atoms with Gasteiger partial charge in [-0.15, -0.1) is 0 Å². The molecule has 7 heteroatoms. The summed E-state index contributed by atoms with van der Waals surface area (Å²) in [6.07, 6.45) is 0.211. The molecule has 7 nitrogen and oxygen atoms in total. The Morgan fingerprint density at radius 2 is 2.00 bits per heavy atom. The molecule has 0 radical (unpaired) electrons. The van der Waals surface area contributed by atoms with E-state index in [4.69, 9.17) is 4.74 Å². The van der Waals surface area contributed by atoms with Crippen molar-refractivity contribution < 1.29 is 19.6 Å². The molecule has 25 heavy (non-hydrogen) atoms. The Hall–Kier alpha value is -1.99. The van der Waals surface area contributed by atoms with E-state index in [1.165, 1.54) is 14.0 Å². The van der Waals surface area contributed by atoms with E-state index in [9.17, 15) is 20.0 Å². The lowest BCUT2D eigenvalue weighted by Crippen LogP contribution is -2.62. The molecule has 1 heterocycles. The van der Waals surface area contributed by atoms with Crippen LogP contribution in [-0.2, 0) is 9.53 Å². The number of piperidine rings is 1. The molecule has 1 fully saturated rings. The van der Waals surface area contributed by atoms with Gasteiger partial charge in [-0.05, 0) is 24.8 Å². The molecule has 1 aromatic carbocycles. The van der Waals surface area contributed by atoms with Crippen molar-refractivity contribution in [1.82, 2.24) is 4.90 Å². The van der Waals surface area contributed by atoms with Crippen molar-refractivity contribution in [2.75, 3.05) is 13.7 Å². The summed E-state index contributed by atoms with van der Waals surface area (Å²) in [5.41, 5.74) is -0.753. The molecule has 1 aliphatic rings. The fourth-order valence-electron chi connectivity index (χ4n) is 3.75. The van der Waals surface area contributed by atoms with Gasteiger partial charge < -0.3 is 9.84 Å². The maximum Gasteiger partial charge on any atom is 0.323 e. The molecule has 0 bridgehead atoms. The van der Waals surface area contributed by atoms with E-state index >= 15 is 0 Å². The Balaban J connectivity index is 2.57. The van der Waals surface area contributed by atoms with Crippen LogP contribution < -0.4 is 0 Å². The lowest BCUT2D eigenvalue weighted by atomic mass is 9.78. The first-order chi connectivity index (χ1) is 11.7. The van der Waals surface area contributed by atoms with Crippen molar-refractivity contribution in [1.29, 1.82) is 0 Å². The summed E-state index contributed by atoms with van der Waals surface area (Å²) in [6, 6.07) is 6.45. The number of nitrogens with zero attached hydrogens (tertiary/aromatic N) is 2. The van der Waals surface area contributed by atoms with Crippen molar-refractivity contribution in [3.05, 3.63) is 46.0 Å². The van der Waals surface area contributed by atoms with Crippen molar-refractivity contribution in [2.24, 2.45) is 5.92 Å². The highest BCUT2D eigenvalue weighted by Crippen LogP contribution is 2.40. The zero-order valence-electron chi connectivity index (χ0n) is 15.1. The lowest BCUT2D eigenvalue weighted by molar-refractivity contribution is -0.559. The number of likely N-dealkylation sites (tertiary alicyclic amines) is 1. The summed E-state index contributed by atoms with van der Waals surface area (Å²) in [5.74, 6) is -0.506. The number of esters is 1. The van der Waals surface area contributed by atoms with Crippen LogP contribution in [0.2, 0.25) is 0 Å². The van der Waals surface area contributed by atoms with Crippen LogP contribution >= 0.6 is 0 Å². The topological polar surface area (TPSA) is 92.9 Å². The zero-order chi connectivity index (χ0) is 18.8. The second-order valence-corrected chi connectivity index (χ2v) is 7.14. The van der Waals surface area contributed by atoms with Gasteiger partial charge in [-0.3, -0.25) is 19.8 Å². The summed E-state index contributed by atoms with van der Waals surface area (Å²) in [5, 5.41) is 22.5. The number of rotatable bonds is 5. The molecule has 4 atom stereocenters. The number of ether oxygens (including phenoxy) is 1.